The Labute approximate surface area is 151 Å². The molecule has 0 atom stereocenters. The zero-order valence-electron chi connectivity index (χ0n) is 15.2. The van der Waals surface area contributed by atoms with Gasteiger partial charge in [0.1, 0.15) is 5.75 Å². The number of quaternary nitrogens is 1. The average molecular weight is 373 g/mol. The van der Waals surface area contributed by atoms with E-state index in [0.29, 0.717) is 24.3 Å². The molecule has 0 aliphatic rings. The molecule has 0 spiro atoms. The summed E-state index contributed by atoms with van der Waals surface area (Å²) in [5.41, 5.74) is 0.575. The fourth-order valence-electron chi connectivity index (χ4n) is 2.67. The molecule has 0 saturated heterocycles. The minimum atomic E-state index is -3.86. The van der Waals surface area contributed by atoms with Gasteiger partial charge in [-0.1, -0.05) is 12.1 Å². The summed E-state index contributed by atoms with van der Waals surface area (Å²) in [6.07, 6.45) is 5.40. The second-order valence-corrected chi connectivity index (χ2v) is 8.51. The van der Waals surface area contributed by atoms with Crippen molar-refractivity contribution in [1.82, 2.24) is 0 Å². The van der Waals surface area contributed by atoms with E-state index >= 15 is 0 Å². The van der Waals surface area contributed by atoms with Crippen LogP contribution in [0.15, 0.2) is 24.3 Å². The summed E-state index contributed by atoms with van der Waals surface area (Å²) in [7, 11) is 0.290. The van der Waals surface area contributed by atoms with E-state index in [1.807, 2.05) is 12.1 Å². The SMILES string of the molecule is C[N+](C)(CCCCCCOc1ccccc1C=O)CCCS(=O)(=O)O. The molecule has 7 heteroatoms. The summed E-state index contributed by atoms with van der Waals surface area (Å²) >= 11 is 0. The van der Waals surface area contributed by atoms with Gasteiger partial charge in [-0.3, -0.25) is 9.35 Å². The molecule has 1 rings (SSSR count). The van der Waals surface area contributed by atoms with Gasteiger partial charge in [-0.25, -0.2) is 0 Å². The highest BCUT2D eigenvalue weighted by atomic mass is 32.2. The molecule has 0 fully saturated rings. The molecule has 0 amide bonds. The van der Waals surface area contributed by atoms with E-state index in [1.165, 1.54) is 0 Å². The van der Waals surface area contributed by atoms with E-state index in [9.17, 15) is 13.2 Å². The molecule has 1 N–H and O–H groups in total. The molecule has 0 aromatic heterocycles. The average Bonchev–Trinajstić information content (AvgIpc) is 2.52. The molecule has 0 bridgehead atoms. The van der Waals surface area contributed by atoms with Crippen molar-refractivity contribution in [3.63, 3.8) is 0 Å². The lowest BCUT2D eigenvalue weighted by Gasteiger charge is -2.29. The van der Waals surface area contributed by atoms with Gasteiger partial charge < -0.3 is 9.22 Å². The van der Waals surface area contributed by atoms with Crippen LogP contribution >= 0.6 is 0 Å². The van der Waals surface area contributed by atoms with Gasteiger partial charge in [-0.05, 0) is 37.8 Å². The summed E-state index contributed by atoms with van der Waals surface area (Å²) in [5.74, 6) is 0.461. The fraction of sp³-hybridized carbons (Fsp3) is 0.611. The standard InChI is InChI=1S/C18H29NO5S/c1-19(2,13-9-15-25(21,22)23)12-7-3-4-8-14-24-18-11-6-5-10-17(18)16-20/h5-6,10-11,16H,3-4,7-9,12-15H2,1-2H3/p+1. The highest BCUT2D eigenvalue weighted by Crippen LogP contribution is 2.16. The Kier molecular flexibility index (Phi) is 9.10. The zero-order valence-corrected chi connectivity index (χ0v) is 16.0. The van der Waals surface area contributed by atoms with Crippen LogP contribution in [0.1, 0.15) is 42.5 Å². The van der Waals surface area contributed by atoms with Crippen LogP contribution in [0.25, 0.3) is 0 Å². The Morgan fingerprint density at radius 3 is 2.36 bits per heavy atom. The Morgan fingerprint density at radius 1 is 1.04 bits per heavy atom. The lowest BCUT2D eigenvalue weighted by atomic mass is 10.2. The number of unbranched alkanes of at least 4 members (excludes halogenated alkanes) is 3. The number of benzene rings is 1. The van der Waals surface area contributed by atoms with Crippen LogP contribution in [-0.2, 0) is 10.1 Å². The quantitative estimate of drug-likeness (QED) is 0.249. The Balaban J connectivity index is 2.12. The van der Waals surface area contributed by atoms with Gasteiger partial charge in [0.25, 0.3) is 10.1 Å². The summed E-state index contributed by atoms with van der Waals surface area (Å²) in [5, 5.41) is 0. The van der Waals surface area contributed by atoms with Crippen LogP contribution in [-0.4, -0.2) is 63.3 Å². The van der Waals surface area contributed by atoms with Crippen molar-refractivity contribution in [3.05, 3.63) is 29.8 Å². The van der Waals surface area contributed by atoms with Crippen molar-refractivity contribution in [2.75, 3.05) is 39.5 Å². The van der Waals surface area contributed by atoms with E-state index in [2.05, 4.69) is 14.1 Å². The maximum atomic E-state index is 10.9. The first-order valence-corrected chi connectivity index (χ1v) is 10.3. The number of rotatable bonds is 13. The van der Waals surface area contributed by atoms with Crippen LogP contribution in [0.3, 0.4) is 0 Å². The van der Waals surface area contributed by atoms with E-state index in [1.54, 1.807) is 12.1 Å². The molecule has 1 aromatic rings. The monoisotopic (exact) mass is 372 g/mol. The normalized spacial score (nSPS) is 12.1. The summed E-state index contributed by atoms with van der Waals surface area (Å²) in [4.78, 5) is 10.9. The molecule has 6 nitrogen and oxygen atoms in total. The third kappa shape index (κ3) is 10.2. The van der Waals surface area contributed by atoms with Gasteiger partial charge in [-0.2, -0.15) is 8.42 Å². The Hall–Kier alpha value is -1.44. The minimum absolute atomic E-state index is 0.172. The van der Waals surface area contributed by atoms with Crippen molar-refractivity contribution < 1.29 is 27.0 Å². The first-order valence-electron chi connectivity index (χ1n) is 8.68. The predicted octanol–water partition coefficient (Wildman–Crippen LogP) is 2.79. The molecule has 1 aromatic carbocycles. The number of hydrogen-bond donors (Lipinski definition) is 1. The molecule has 0 unspecified atom stereocenters. The lowest BCUT2D eigenvalue weighted by molar-refractivity contribution is -0.890. The smallest absolute Gasteiger partial charge is 0.265 e. The van der Waals surface area contributed by atoms with E-state index in [4.69, 9.17) is 9.29 Å². The van der Waals surface area contributed by atoms with E-state index in [-0.39, 0.29) is 5.75 Å². The highest BCUT2D eigenvalue weighted by molar-refractivity contribution is 7.85. The maximum absolute atomic E-state index is 10.9. The van der Waals surface area contributed by atoms with Gasteiger partial charge in [0.15, 0.2) is 6.29 Å². The van der Waals surface area contributed by atoms with E-state index in [0.717, 1.165) is 49.5 Å². The van der Waals surface area contributed by atoms with Gasteiger partial charge in [0, 0.05) is 6.42 Å². The summed E-state index contributed by atoms with van der Waals surface area (Å²) in [6, 6.07) is 7.21. The maximum Gasteiger partial charge on any atom is 0.265 e. The second kappa shape index (κ2) is 10.5. The third-order valence-corrected chi connectivity index (χ3v) is 4.93. The predicted molar refractivity (Wildman–Crippen MR) is 98.7 cm³/mol. The first-order chi connectivity index (χ1) is 11.7. The molecular formula is C18H30NO5S+. The minimum Gasteiger partial charge on any atom is -0.493 e. The van der Waals surface area contributed by atoms with Crippen molar-refractivity contribution in [3.8, 4) is 5.75 Å². The molecule has 142 valence electrons. The number of ether oxygens (including phenoxy) is 1. The molecule has 0 radical (unpaired) electrons. The van der Waals surface area contributed by atoms with Crippen molar-refractivity contribution in [2.45, 2.75) is 32.1 Å². The first kappa shape index (κ1) is 21.6. The largest absolute Gasteiger partial charge is 0.493 e. The van der Waals surface area contributed by atoms with Crippen LogP contribution < -0.4 is 4.74 Å². The van der Waals surface area contributed by atoms with Gasteiger partial charge in [0.05, 0.1) is 45.1 Å². The fourth-order valence-corrected chi connectivity index (χ4v) is 3.17. The van der Waals surface area contributed by atoms with Crippen LogP contribution in [0, 0.1) is 0 Å². The van der Waals surface area contributed by atoms with Crippen molar-refractivity contribution in [1.29, 1.82) is 0 Å². The molecule has 0 aliphatic heterocycles. The van der Waals surface area contributed by atoms with Gasteiger partial charge in [-0.15, -0.1) is 0 Å². The van der Waals surface area contributed by atoms with E-state index < -0.39 is 10.1 Å². The highest BCUT2D eigenvalue weighted by Gasteiger charge is 2.16. The van der Waals surface area contributed by atoms with Gasteiger partial charge >= 0.3 is 0 Å². The van der Waals surface area contributed by atoms with Crippen molar-refractivity contribution >= 4 is 16.4 Å². The summed E-state index contributed by atoms with van der Waals surface area (Å²) in [6.45, 7) is 2.29. The summed E-state index contributed by atoms with van der Waals surface area (Å²) < 4.78 is 36.6. The second-order valence-electron chi connectivity index (χ2n) is 6.94. The number of carbonyl (C=O) groups excluding carboxylic acids is 1. The Bertz CT molecular complexity index is 628. The van der Waals surface area contributed by atoms with Gasteiger partial charge in [0.2, 0.25) is 0 Å². The Morgan fingerprint density at radius 2 is 1.68 bits per heavy atom. The van der Waals surface area contributed by atoms with Crippen LogP contribution in [0.5, 0.6) is 5.75 Å². The number of nitrogens with zero attached hydrogens (tertiary/aromatic N) is 1. The third-order valence-electron chi connectivity index (χ3n) is 4.13. The number of hydrogen-bond acceptors (Lipinski definition) is 4. The number of para-hydroxylation sites is 1. The lowest BCUT2D eigenvalue weighted by Crippen LogP contribution is -2.41. The van der Waals surface area contributed by atoms with Crippen molar-refractivity contribution in [2.24, 2.45) is 0 Å². The molecular weight excluding hydrogens is 342 g/mol. The zero-order chi connectivity index (χ0) is 18.8. The molecule has 0 aliphatic carbocycles. The molecule has 25 heavy (non-hydrogen) atoms. The molecule has 0 saturated carbocycles. The topological polar surface area (TPSA) is 80.7 Å². The number of carbonyl (C=O) groups is 1. The van der Waals surface area contributed by atoms with Crippen LogP contribution in [0.4, 0.5) is 0 Å². The van der Waals surface area contributed by atoms with Crippen LogP contribution in [0.2, 0.25) is 0 Å². The number of aldehydes is 1. The molecule has 0 heterocycles.